The van der Waals surface area contributed by atoms with Gasteiger partial charge in [0.2, 0.25) is 0 Å². The molecule has 1 unspecified atom stereocenters. The first-order valence-electron chi connectivity index (χ1n) is 3.93. The van der Waals surface area contributed by atoms with Crippen LogP contribution in [0.3, 0.4) is 0 Å². The number of rotatable bonds is 3. The van der Waals surface area contributed by atoms with E-state index in [1.807, 2.05) is 12.1 Å². The second-order valence-corrected chi connectivity index (χ2v) is 2.64. The Labute approximate surface area is 72.8 Å². The summed E-state index contributed by atoms with van der Waals surface area (Å²) in [5.41, 5.74) is 6.89. The third-order valence-electron chi connectivity index (χ3n) is 1.71. The molecule has 1 atom stereocenters. The number of aromatic nitrogens is 1. The maximum atomic E-state index is 5.85. The Morgan fingerprint density at radius 2 is 2.50 bits per heavy atom. The maximum Gasteiger partial charge on any atom is 0.0319 e. The fourth-order valence-electron chi connectivity index (χ4n) is 1.00. The molecule has 0 radical (unpaired) electrons. The monoisotopic (exact) mass is 160 g/mol. The van der Waals surface area contributed by atoms with Crippen molar-refractivity contribution in [3.8, 4) is 12.3 Å². The molecule has 0 aliphatic rings. The molecular formula is C10H12N2. The predicted molar refractivity (Wildman–Crippen MR) is 49.2 cm³/mol. The van der Waals surface area contributed by atoms with Gasteiger partial charge in [0, 0.05) is 24.9 Å². The van der Waals surface area contributed by atoms with Crippen LogP contribution in [-0.2, 0) is 0 Å². The van der Waals surface area contributed by atoms with Gasteiger partial charge in [-0.05, 0) is 18.1 Å². The molecule has 0 spiro atoms. The summed E-state index contributed by atoms with van der Waals surface area (Å²) in [5, 5.41) is 0. The van der Waals surface area contributed by atoms with Gasteiger partial charge >= 0.3 is 0 Å². The second kappa shape index (κ2) is 4.53. The van der Waals surface area contributed by atoms with Gasteiger partial charge in [-0.1, -0.05) is 6.07 Å². The SMILES string of the molecule is C#CCCC(N)c1cccnc1. The van der Waals surface area contributed by atoms with Crippen molar-refractivity contribution in [2.45, 2.75) is 18.9 Å². The van der Waals surface area contributed by atoms with E-state index in [1.54, 1.807) is 12.4 Å². The maximum absolute atomic E-state index is 5.85. The molecule has 12 heavy (non-hydrogen) atoms. The molecule has 0 saturated carbocycles. The summed E-state index contributed by atoms with van der Waals surface area (Å²) in [5.74, 6) is 2.57. The van der Waals surface area contributed by atoms with Gasteiger partial charge in [0.15, 0.2) is 0 Å². The Kier molecular flexibility index (Phi) is 3.31. The highest BCUT2D eigenvalue weighted by Gasteiger charge is 2.03. The van der Waals surface area contributed by atoms with Gasteiger partial charge in [0.25, 0.3) is 0 Å². The number of hydrogen-bond donors (Lipinski definition) is 1. The summed E-state index contributed by atoms with van der Waals surface area (Å²) >= 11 is 0. The van der Waals surface area contributed by atoms with Gasteiger partial charge in [0.1, 0.15) is 0 Å². The van der Waals surface area contributed by atoms with Crippen LogP contribution in [0.25, 0.3) is 0 Å². The molecule has 1 heterocycles. The van der Waals surface area contributed by atoms with Crippen molar-refractivity contribution in [1.82, 2.24) is 4.98 Å². The second-order valence-electron chi connectivity index (χ2n) is 2.64. The van der Waals surface area contributed by atoms with E-state index in [1.165, 1.54) is 0 Å². The third kappa shape index (κ3) is 2.37. The van der Waals surface area contributed by atoms with E-state index in [-0.39, 0.29) is 6.04 Å². The smallest absolute Gasteiger partial charge is 0.0319 e. The van der Waals surface area contributed by atoms with Crippen molar-refractivity contribution in [3.63, 3.8) is 0 Å². The van der Waals surface area contributed by atoms with Crippen LogP contribution in [0.1, 0.15) is 24.4 Å². The summed E-state index contributed by atoms with van der Waals surface area (Å²) in [6, 6.07) is 3.87. The van der Waals surface area contributed by atoms with E-state index in [4.69, 9.17) is 12.2 Å². The molecular weight excluding hydrogens is 148 g/mol. The van der Waals surface area contributed by atoms with Crippen LogP contribution in [-0.4, -0.2) is 4.98 Å². The average molecular weight is 160 g/mol. The minimum Gasteiger partial charge on any atom is -0.324 e. The molecule has 0 saturated heterocycles. The Balaban J connectivity index is 2.55. The lowest BCUT2D eigenvalue weighted by Crippen LogP contribution is -2.09. The lowest BCUT2D eigenvalue weighted by atomic mass is 10.1. The van der Waals surface area contributed by atoms with Crippen molar-refractivity contribution in [3.05, 3.63) is 30.1 Å². The number of nitrogens with two attached hydrogens (primary N) is 1. The van der Waals surface area contributed by atoms with Gasteiger partial charge in [-0.2, -0.15) is 0 Å². The first-order chi connectivity index (χ1) is 5.84. The molecule has 2 N–H and O–H groups in total. The van der Waals surface area contributed by atoms with Gasteiger partial charge < -0.3 is 5.73 Å². The van der Waals surface area contributed by atoms with Crippen LogP contribution < -0.4 is 5.73 Å². The number of hydrogen-bond acceptors (Lipinski definition) is 2. The molecule has 2 nitrogen and oxygen atoms in total. The van der Waals surface area contributed by atoms with Crippen LogP contribution in [0.5, 0.6) is 0 Å². The van der Waals surface area contributed by atoms with Crippen LogP contribution in [0.15, 0.2) is 24.5 Å². The van der Waals surface area contributed by atoms with E-state index in [2.05, 4.69) is 10.9 Å². The Hall–Kier alpha value is -1.33. The molecule has 1 aromatic rings. The highest BCUT2D eigenvalue weighted by Crippen LogP contribution is 2.12. The van der Waals surface area contributed by atoms with Crippen LogP contribution in [0.4, 0.5) is 0 Å². The van der Waals surface area contributed by atoms with Crippen molar-refractivity contribution in [2.24, 2.45) is 5.73 Å². The first-order valence-corrected chi connectivity index (χ1v) is 3.93. The molecule has 1 aromatic heterocycles. The quantitative estimate of drug-likeness (QED) is 0.680. The molecule has 0 fully saturated rings. The van der Waals surface area contributed by atoms with E-state index >= 15 is 0 Å². The summed E-state index contributed by atoms with van der Waals surface area (Å²) < 4.78 is 0. The van der Waals surface area contributed by atoms with Gasteiger partial charge in [-0.15, -0.1) is 12.3 Å². The fourth-order valence-corrected chi connectivity index (χ4v) is 1.00. The average Bonchev–Trinajstić information content (AvgIpc) is 2.15. The normalized spacial score (nSPS) is 12.0. The van der Waals surface area contributed by atoms with Crippen molar-refractivity contribution >= 4 is 0 Å². The zero-order valence-electron chi connectivity index (χ0n) is 6.90. The van der Waals surface area contributed by atoms with Crippen LogP contribution >= 0.6 is 0 Å². The minimum absolute atomic E-state index is 0.0229. The first kappa shape index (κ1) is 8.76. The van der Waals surface area contributed by atoms with Crippen LogP contribution in [0, 0.1) is 12.3 Å². The largest absolute Gasteiger partial charge is 0.324 e. The molecule has 62 valence electrons. The molecule has 0 bridgehead atoms. The van der Waals surface area contributed by atoms with Crippen molar-refractivity contribution < 1.29 is 0 Å². The van der Waals surface area contributed by atoms with Crippen molar-refractivity contribution in [1.29, 1.82) is 0 Å². The summed E-state index contributed by atoms with van der Waals surface area (Å²) in [6.45, 7) is 0. The highest BCUT2D eigenvalue weighted by atomic mass is 14.7. The minimum atomic E-state index is 0.0229. The number of nitrogens with zero attached hydrogens (tertiary/aromatic N) is 1. The highest BCUT2D eigenvalue weighted by molar-refractivity contribution is 5.13. The summed E-state index contributed by atoms with van der Waals surface area (Å²) in [6.07, 6.45) is 10.2. The van der Waals surface area contributed by atoms with Crippen LogP contribution in [0.2, 0.25) is 0 Å². The van der Waals surface area contributed by atoms with Crippen molar-refractivity contribution in [2.75, 3.05) is 0 Å². The summed E-state index contributed by atoms with van der Waals surface area (Å²) in [4.78, 5) is 3.98. The Morgan fingerprint density at radius 3 is 3.08 bits per heavy atom. The van der Waals surface area contributed by atoms with E-state index in [9.17, 15) is 0 Å². The van der Waals surface area contributed by atoms with Gasteiger partial charge in [0.05, 0.1) is 0 Å². The van der Waals surface area contributed by atoms with E-state index in [0.717, 1.165) is 18.4 Å². The molecule has 0 aromatic carbocycles. The molecule has 0 aliphatic carbocycles. The molecule has 0 aliphatic heterocycles. The Bertz CT molecular complexity index is 261. The Morgan fingerprint density at radius 1 is 1.67 bits per heavy atom. The summed E-state index contributed by atoms with van der Waals surface area (Å²) in [7, 11) is 0. The lowest BCUT2D eigenvalue weighted by molar-refractivity contribution is 0.665. The van der Waals surface area contributed by atoms with Gasteiger partial charge in [-0.25, -0.2) is 0 Å². The molecule has 0 amide bonds. The zero-order chi connectivity index (χ0) is 8.81. The topological polar surface area (TPSA) is 38.9 Å². The standard InChI is InChI=1S/C10H12N2/c1-2-3-6-10(11)9-5-4-7-12-8-9/h1,4-5,7-8,10H,3,6,11H2. The third-order valence-corrected chi connectivity index (χ3v) is 1.71. The van der Waals surface area contributed by atoms with E-state index < -0.39 is 0 Å². The number of pyridine rings is 1. The number of terminal acetylenes is 1. The fraction of sp³-hybridized carbons (Fsp3) is 0.300. The molecule has 2 heteroatoms. The van der Waals surface area contributed by atoms with Gasteiger partial charge in [-0.3, -0.25) is 4.98 Å². The zero-order valence-corrected chi connectivity index (χ0v) is 6.90. The molecule has 1 rings (SSSR count). The lowest BCUT2D eigenvalue weighted by Gasteiger charge is -2.08. The predicted octanol–water partition coefficient (Wildman–Crippen LogP) is 1.49. The van der Waals surface area contributed by atoms with E-state index in [0.29, 0.717) is 0 Å².